The van der Waals surface area contributed by atoms with Crippen LogP contribution < -0.4 is 5.32 Å². The van der Waals surface area contributed by atoms with Crippen molar-refractivity contribution in [1.29, 1.82) is 0 Å². The van der Waals surface area contributed by atoms with Crippen molar-refractivity contribution < 1.29 is 4.74 Å². The molecule has 2 unspecified atom stereocenters. The third-order valence-corrected chi connectivity index (χ3v) is 3.96. The third-order valence-electron chi connectivity index (χ3n) is 2.82. The Morgan fingerprint density at radius 3 is 2.80 bits per heavy atom. The van der Waals surface area contributed by atoms with Crippen molar-refractivity contribution in [2.45, 2.75) is 58.3 Å². The molecule has 1 heterocycles. The highest BCUT2D eigenvalue weighted by Crippen LogP contribution is 2.28. The summed E-state index contributed by atoms with van der Waals surface area (Å²) >= 11 is 2.00. The fourth-order valence-corrected chi connectivity index (χ4v) is 2.61. The van der Waals surface area contributed by atoms with Crippen LogP contribution >= 0.6 is 11.8 Å². The Bertz CT molecular complexity index is 184. The topological polar surface area (TPSA) is 21.3 Å². The second-order valence-electron chi connectivity index (χ2n) is 5.01. The van der Waals surface area contributed by atoms with Gasteiger partial charge in [0.15, 0.2) is 0 Å². The predicted octanol–water partition coefficient (Wildman–Crippen LogP) is 2.68. The van der Waals surface area contributed by atoms with Crippen molar-refractivity contribution in [2.75, 3.05) is 18.1 Å². The zero-order valence-corrected chi connectivity index (χ0v) is 11.3. The highest BCUT2D eigenvalue weighted by atomic mass is 32.2. The summed E-state index contributed by atoms with van der Waals surface area (Å²) in [5.74, 6) is 2.41. The first kappa shape index (κ1) is 13.3. The normalized spacial score (nSPS) is 26.8. The number of rotatable bonds is 6. The average Bonchev–Trinajstić information content (AvgIpc) is 2.52. The van der Waals surface area contributed by atoms with E-state index in [0.29, 0.717) is 12.1 Å². The van der Waals surface area contributed by atoms with Crippen LogP contribution in [0.25, 0.3) is 0 Å². The summed E-state index contributed by atoms with van der Waals surface area (Å²) < 4.78 is 5.93. The first-order valence-corrected chi connectivity index (χ1v) is 7.18. The van der Waals surface area contributed by atoms with E-state index in [1.807, 2.05) is 11.8 Å². The van der Waals surface area contributed by atoms with Gasteiger partial charge in [0.25, 0.3) is 0 Å². The molecule has 0 radical (unpaired) electrons. The number of hydrogen-bond acceptors (Lipinski definition) is 3. The lowest BCUT2D eigenvalue weighted by Gasteiger charge is -2.21. The summed E-state index contributed by atoms with van der Waals surface area (Å²) in [6.07, 6.45) is 2.82. The van der Waals surface area contributed by atoms with Gasteiger partial charge in [0.05, 0.1) is 11.7 Å². The zero-order valence-electron chi connectivity index (χ0n) is 10.5. The maximum Gasteiger partial charge on any atom is 0.0707 e. The lowest BCUT2D eigenvalue weighted by molar-refractivity contribution is -0.0147. The molecule has 1 saturated heterocycles. The summed E-state index contributed by atoms with van der Waals surface area (Å²) in [7, 11) is 0. The summed E-state index contributed by atoms with van der Waals surface area (Å²) in [6.45, 7) is 9.84. The molecule has 0 amide bonds. The van der Waals surface area contributed by atoms with Gasteiger partial charge in [0.2, 0.25) is 0 Å². The van der Waals surface area contributed by atoms with Gasteiger partial charge in [-0.05, 0) is 39.4 Å². The van der Waals surface area contributed by atoms with Gasteiger partial charge in [-0.1, -0.05) is 6.92 Å². The van der Waals surface area contributed by atoms with Crippen molar-refractivity contribution in [1.82, 2.24) is 5.32 Å². The molecule has 0 aliphatic carbocycles. The van der Waals surface area contributed by atoms with E-state index in [9.17, 15) is 0 Å². The molecule has 1 aliphatic rings. The molecule has 0 aromatic rings. The van der Waals surface area contributed by atoms with Gasteiger partial charge in [-0.15, -0.1) is 0 Å². The fraction of sp³-hybridized carbons (Fsp3) is 1.00. The van der Waals surface area contributed by atoms with Crippen LogP contribution in [0, 0.1) is 0 Å². The number of ether oxygens (including phenoxy) is 1. The summed E-state index contributed by atoms with van der Waals surface area (Å²) in [5, 5.41) is 3.55. The standard InChI is InChI=1S/C12H25NOS/c1-5-15-9-10(2)13-8-11-6-7-12(3,4)14-11/h10-11,13H,5-9H2,1-4H3. The molecular formula is C12H25NOS. The zero-order chi connectivity index (χ0) is 11.3. The maximum absolute atomic E-state index is 5.93. The molecule has 90 valence electrons. The average molecular weight is 231 g/mol. The molecule has 15 heavy (non-hydrogen) atoms. The maximum atomic E-state index is 5.93. The summed E-state index contributed by atoms with van der Waals surface area (Å²) in [6, 6.07) is 0.599. The van der Waals surface area contributed by atoms with E-state index in [4.69, 9.17) is 4.74 Å². The molecule has 3 heteroatoms. The van der Waals surface area contributed by atoms with E-state index >= 15 is 0 Å². The predicted molar refractivity (Wildman–Crippen MR) is 68.6 cm³/mol. The van der Waals surface area contributed by atoms with Crippen molar-refractivity contribution >= 4 is 11.8 Å². The molecular weight excluding hydrogens is 206 g/mol. The Morgan fingerprint density at radius 1 is 1.53 bits per heavy atom. The monoisotopic (exact) mass is 231 g/mol. The van der Waals surface area contributed by atoms with E-state index in [0.717, 1.165) is 6.54 Å². The fourth-order valence-electron chi connectivity index (χ4n) is 1.91. The van der Waals surface area contributed by atoms with Gasteiger partial charge in [0, 0.05) is 18.3 Å². The molecule has 1 fully saturated rings. The second-order valence-corrected chi connectivity index (χ2v) is 6.33. The van der Waals surface area contributed by atoms with Crippen LogP contribution in [0.4, 0.5) is 0 Å². The van der Waals surface area contributed by atoms with Gasteiger partial charge < -0.3 is 10.1 Å². The summed E-state index contributed by atoms with van der Waals surface area (Å²) in [4.78, 5) is 0. The molecule has 2 nitrogen and oxygen atoms in total. The van der Waals surface area contributed by atoms with E-state index in [-0.39, 0.29) is 5.60 Å². The van der Waals surface area contributed by atoms with E-state index < -0.39 is 0 Å². The minimum atomic E-state index is 0.105. The van der Waals surface area contributed by atoms with Gasteiger partial charge in [0.1, 0.15) is 0 Å². The SMILES string of the molecule is CCSCC(C)NCC1CCC(C)(C)O1. The number of hydrogen-bond donors (Lipinski definition) is 1. The highest BCUT2D eigenvalue weighted by Gasteiger charge is 2.31. The first-order chi connectivity index (χ1) is 7.03. The molecule has 0 bridgehead atoms. The van der Waals surface area contributed by atoms with E-state index in [1.165, 1.54) is 24.3 Å². The Labute approximate surface area is 98.5 Å². The van der Waals surface area contributed by atoms with Crippen molar-refractivity contribution in [3.8, 4) is 0 Å². The van der Waals surface area contributed by atoms with Gasteiger partial charge in [-0.2, -0.15) is 11.8 Å². The number of thioether (sulfide) groups is 1. The van der Waals surface area contributed by atoms with Crippen LogP contribution in [-0.4, -0.2) is 35.8 Å². The molecule has 1 rings (SSSR count). The van der Waals surface area contributed by atoms with Crippen LogP contribution in [0.2, 0.25) is 0 Å². The van der Waals surface area contributed by atoms with Crippen LogP contribution in [0.5, 0.6) is 0 Å². The van der Waals surface area contributed by atoms with Crippen LogP contribution in [0.3, 0.4) is 0 Å². The van der Waals surface area contributed by atoms with Crippen molar-refractivity contribution in [3.63, 3.8) is 0 Å². The van der Waals surface area contributed by atoms with Gasteiger partial charge in [-0.25, -0.2) is 0 Å². The van der Waals surface area contributed by atoms with Crippen molar-refractivity contribution in [3.05, 3.63) is 0 Å². The Balaban J connectivity index is 2.10. The Hall–Kier alpha value is 0.270. The van der Waals surface area contributed by atoms with Gasteiger partial charge >= 0.3 is 0 Å². The van der Waals surface area contributed by atoms with E-state index in [1.54, 1.807) is 0 Å². The Kier molecular flexibility index (Phi) is 5.44. The largest absolute Gasteiger partial charge is 0.371 e. The highest BCUT2D eigenvalue weighted by molar-refractivity contribution is 7.99. The first-order valence-electron chi connectivity index (χ1n) is 6.02. The van der Waals surface area contributed by atoms with Crippen LogP contribution in [0.15, 0.2) is 0 Å². The quantitative estimate of drug-likeness (QED) is 0.759. The molecule has 0 aromatic heterocycles. The summed E-state index contributed by atoms with van der Waals surface area (Å²) in [5.41, 5.74) is 0.105. The van der Waals surface area contributed by atoms with Crippen LogP contribution in [0.1, 0.15) is 40.5 Å². The lowest BCUT2D eigenvalue weighted by Crippen LogP contribution is -2.36. The minimum Gasteiger partial charge on any atom is -0.371 e. The van der Waals surface area contributed by atoms with Crippen molar-refractivity contribution in [2.24, 2.45) is 0 Å². The van der Waals surface area contributed by atoms with E-state index in [2.05, 4.69) is 33.0 Å². The van der Waals surface area contributed by atoms with Crippen LogP contribution in [-0.2, 0) is 4.74 Å². The molecule has 0 saturated carbocycles. The lowest BCUT2D eigenvalue weighted by atomic mass is 10.1. The molecule has 0 aromatic carbocycles. The number of nitrogens with one attached hydrogen (secondary N) is 1. The minimum absolute atomic E-state index is 0.105. The molecule has 1 aliphatic heterocycles. The smallest absolute Gasteiger partial charge is 0.0707 e. The Morgan fingerprint density at radius 2 is 2.27 bits per heavy atom. The van der Waals surface area contributed by atoms with Gasteiger partial charge in [-0.3, -0.25) is 0 Å². The molecule has 0 spiro atoms. The molecule has 1 N–H and O–H groups in total. The third kappa shape index (κ3) is 5.23. The molecule has 2 atom stereocenters. The second kappa shape index (κ2) is 6.12.